The molecule has 1 fully saturated rings. The third-order valence-electron chi connectivity index (χ3n) is 3.09. The lowest BCUT2D eigenvalue weighted by Crippen LogP contribution is -2.45. The lowest BCUT2D eigenvalue weighted by atomic mass is 9.98. The summed E-state index contributed by atoms with van der Waals surface area (Å²) in [5.41, 5.74) is 0.00238. The summed E-state index contributed by atoms with van der Waals surface area (Å²) in [6.07, 6.45) is 2.48. The SMILES string of the molecule is CN1CCCC(CNC(=O)CNC(C)(C)C)C1. The molecular weight excluding hydrogens is 214 g/mol. The summed E-state index contributed by atoms with van der Waals surface area (Å²) in [6, 6.07) is 0. The topological polar surface area (TPSA) is 44.4 Å². The van der Waals surface area contributed by atoms with Crippen LogP contribution >= 0.6 is 0 Å². The van der Waals surface area contributed by atoms with Gasteiger partial charge < -0.3 is 15.5 Å². The van der Waals surface area contributed by atoms with Crippen LogP contribution in [0.2, 0.25) is 0 Å². The van der Waals surface area contributed by atoms with E-state index in [1.54, 1.807) is 0 Å². The second-order valence-electron chi connectivity index (χ2n) is 6.18. The summed E-state index contributed by atoms with van der Waals surface area (Å²) in [7, 11) is 2.15. The van der Waals surface area contributed by atoms with Crippen molar-refractivity contribution < 1.29 is 4.79 Å². The van der Waals surface area contributed by atoms with Crippen LogP contribution < -0.4 is 10.6 Å². The lowest BCUT2D eigenvalue weighted by Gasteiger charge is -2.29. The van der Waals surface area contributed by atoms with Gasteiger partial charge in [0.05, 0.1) is 6.54 Å². The van der Waals surface area contributed by atoms with E-state index in [0.717, 1.165) is 13.1 Å². The summed E-state index contributed by atoms with van der Waals surface area (Å²) in [5, 5.41) is 6.21. The number of nitrogens with zero attached hydrogens (tertiary/aromatic N) is 1. The fourth-order valence-corrected chi connectivity index (χ4v) is 2.11. The Hall–Kier alpha value is -0.610. The van der Waals surface area contributed by atoms with Crippen LogP contribution in [0.5, 0.6) is 0 Å². The van der Waals surface area contributed by atoms with E-state index in [1.807, 2.05) is 0 Å². The highest BCUT2D eigenvalue weighted by molar-refractivity contribution is 5.78. The van der Waals surface area contributed by atoms with E-state index in [1.165, 1.54) is 19.4 Å². The number of likely N-dealkylation sites (tertiary alicyclic amines) is 1. The van der Waals surface area contributed by atoms with Gasteiger partial charge in [0.25, 0.3) is 0 Å². The average Bonchev–Trinajstić information content (AvgIpc) is 2.23. The van der Waals surface area contributed by atoms with Crippen LogP contribution in [0, 0.1) is 5.92 Å². The molecule has 100 valence electrons. The number of amides is 1. The van der Waals surface area contributed by atoms with Crippen molar-refractivity contribution in [1.29, 1.82) is 0 Å². The average molecular weight is 241 g/mol. The molecule has 0 aliphatic carbocycles. The Morgan fingerprint density at radius 3 is 2.71 bits per heavy atom. The first-order chi connectivity index (χ1) is 7.87. The number of carbonyl (C=O) groups excluding carboxylic acids is 1. The van der Waals surface area contributed by atoms with Crippen LogP contribution in [0.1, 0.15) is 33.6 Å². The van der Waals surface area contributed by atoms with Crippen LogP contribution in [-0.2, 0) is 4.79 Å². The molecule has 0 aromatic carbocycles. The first-order valence-corrected chi connectivity index (χ1v) is 6.57. The molecule has 1 rings (SSSR count). The molecule has 0 aromatic heterocycles. The molecule has 1 unspecified atom stereocenters. The van der Waals surface area contributed by atoms with E-state index >= 15 is 0 Å². The summed E-state index contributed by atoms with van der Waals surface area (Å²) < 4.78 is 0. The van der Waals surface area contributed by atoms with Crippen molar-refractivity contribution in [3.63, 3.8) is 0 Å². The summed E-state index contributed by atoms with van der Waals surface area (Å²) >= 11 is 0. The van der Waals surface area contributed by atoms with Crippen molar-refractivity contribution in [3.05, 3.63) is 0 Å². The van der Waals surface area contributed by atoms with E-state index in [9.17, 15) is 4.79 Å². The fraction of sp³-hybridized carbons (Fsp3) is 0.923. The number of hydrogen-bond acceptors (Lipinski definition) is 3. The molecule has 1 aliphatic rings. The number of nitrogens with one attached hydrogen (secondary N) is 2. The van der Waals surface area contributed by atoms with Gasteiger partial charge in [-0.05, 0) is 53.1 Å². The van der Waals surface area contributed by atoms with Crippen LogP contribution in [0.4, 0.5) is 0 Å². The van der Waals surface area contributed by atoms with Gasteiger partial charge in [-0.25, -0.2) is 0 Å². The molecule has 1 saturated heterocycles. The van der Waals surface area contributed by atoms with Crippen molar-refractivity contribution in [2.24, 2.45) is 5.92 Å². The van der Waals surface area contributed by atoms with Gasteiger partial charge in [0.15, 0.2) is 0 Å². The molecule has 4 heteroatoms. The number of piperidine rings is 1. The van der Waals surface area contributed by atoms with Gasteiger partial charge in [0.1, 0.15) is 0 Å². The van der Waals surface area contributed by atoms with Gasteiger partial charge in [-0.3, -0.25) is 4.79 Å². The fourth-order valence-electron chi connectivity index (χ4n) is 2.11. The van der Waals surface area contributed by atoms with E-state index in [-0.39, 0.29) is 11.4 Å². The van der Waals surface area contributed by atoms with Gasteiger partial charge in [0.2, 0.25) is 5.91 Å². The minimum absolute atomic E-state index is 0.00238. The molecule has 2 N–H and O–H groups in total. The summed E-state index contributed by atoms with van der Waals surface area (Å²) in [6.45, 7) is 9.72. The largest absolute Gasteiger partial charge is 0.355 e. The van der Waals surface area contributed by atoms with Crippen LogP contribution in [0.3, 0.4) is 0 Å². The van der Waals surface area contributed by atoms with Crippen molar-refractivity contribution in [2.45, 2.75) is 39.2 Å². The standard InChI is InChI=1S/C13H27N3O/c1-13(2,3)15-9-12(17)14-8-11-6-5-7-16(4)10-11/h11,15H,5-10H2,1-4H3,(H,14,17). The Kier molecular flexibility index (Phi) is 5.40. The minimum atomic E-state index is 0.00238. The molecule has 1 aliphatic heterocycles. The first-order valence-electron chi connectivity index (χ1n) is 6.57. The van der Waals surface area contributed by atoms with Gasteiger partial charge in [-0.1, -0.05) is 0 Å². The highest BCUT2D eigenvalue weighted by atomic mass is 16.1. The Morgan fingerprint density at radius 1 is 1.41 bits per heavy atom. The second kappa shape index (κ2) is 6.36. The quantitative estimate of drug-likeness (QED) is 0.766. The summed E-state index contributed by atoms with van der Waals surface area (Å²) in [4.78, 5) is 14.0. The van der Waals surface area contributed by atoms with Gasteiger partial charge >= 0.3 is 0 Å². The monoisotopic (exact) mass is 241 g/mol. The minimum Gasteiger partial charge on any atom is -0.355 e. The molecular formula is C13H27N3O. The zero-order valence-electron chi connectivity index (χ0n) is 11.7. The number of rotatable bonds is 4. The number of carbonyl (C=O) groups is 1. The van der Waals surface area contributed by atoms with Crippen molar-refractivity contribution >= 4 is 5.91 Å². The number of hydrogen-bond donors (Lipinski definition) is 2. The Morgan fingerprint density at radius 2 is 2.12 bits per heavy atom. The van der Waals surface area contributed by atoms with Crippen molar-refractivity contribution in [1.82, 2.24) is 15.5 Å². The van der Waals surface area contributed by atoms with Gasteiger partial charge in [-0.15, -0.1) is 0 Å². The molecule has 17 heavy (non-hydrogen) atoms. The van der Waals surface area contributed by atoms with Crippen LogP contribution in [-0.4, -0.2) is 49.6 Å². The zero-order valence-corrected chi connectivity index (χ0v) is 11.7. The molecule has 0 aromatic rings. The molecule has 1 amide bonds. The Labute approximate surface area is 105 Å². The third-order valence-corrected chi connectivity index (χ3v) is 3.09. The summed E-state index contributed by atoms with van der Waals surface area (Å²) in [5.74, 6) is 0.723. The maximum absolute atomic E-state index is 11.6. The zero-order chi connectivity index (χ0) is 12.9. The van der Waals surface area contributed by atoms with Crippen LogP contribution in [0.15, 0.2) is 0 Å². The van der Waals surface area contributed by atoms with Crippen LogP contribution in [0.25, 0.3) is 0 Å². The second-order valence-corrected chi connectivity index (χ2v) is 6.18. The molecule has 0 bridgehead atoms. The Bertz CT molecular complexity index is 248. The predicted octanol–water partition coefficient (Wildman–Crippen LogP) is 0.833. The predicted molar refractivity (Wildman–Crippen MR) is 71.0 cm³/mol. The first kappa shape index (κ1) is 14.5. The molecule has 1 atom stereocenters. The molecule has 1 heterocycles. The van der Waals surface area contributed by atoms with Gasteiger partial charge in [0, 0.05) is 18.6 Å². The molecule has 0 spiro atoms. The maximum atomic E-state index is 11.6. The smallest absolute Gasteiger partial charge is 0.233 e. The van der Waals surface area contributed by atoms with E-state index in [2.05, 4.69) is 43.4 Å². The van der Waals surface area contributed by atoms with Crippen molar-refractivity contribution in [2.75, 3.05) is 33.2 Å². The molecule has 0 radical (unpaired) electrons. The van der Waals surface area contributed by atoms with Gasteiger partial charge in [-0.2, -0.15) is 0 Å². The van der Waals surface area contributed by atoms with E-state index < -0.39 is 0 Å². The highest BCUT2D eigenvalue weighted by Crippen LogP contribution is 2.13. The lowest BCUT2D eigenvalue weighted by molar-refractivity contribution is -0.120. The van der Waals surface area contributed by atoms with E-state index in [4.69, 9.17) is 0 Å². The maximum Gasteiger partial charge on any atom is 0.233 e. The van der Waals surface area contributed by atoms with E-state index in [0.29, 0.717) is 12.5 Å². The molecule has 0 saturated carbocycles. The highest BCUT2D eigenvalue weighted by Gasteiger charge is 2.18. The third kappa shape index (κ3) is 6.64. The molecule has 4 nitrogen and oxygen atoms in total. The van der Waals surface area contributed by atoms with Crippen molar-refractivity contribution in [3.8, 4) is 0 Å². The normalized spacial score (nSPS) is 22.5. The Balaban J connectivity index is 2.15.